The molecule has 0 bridgehead atoms. The van der Waals surface area contributed by atoms with Gasteiger partial charge in [0.15, 0.2) is 0 Å². The summed E-state index contributed by atoms with van der Waals surface area (Å²) in [6.45, 7) is 7.81. The fourth-order valence-electron chi connectivity index (χ4n) is 4.16. The van der Waals surface area contributed by atoms with E-state index in [1.54, 1.807) is 0 Å². The van der Waals surface area contributed by atoms with Crippen LogP contribution < -0.4 is 0 Å². The number of amides is 1. The highest BCUT2D eigenvalue weighted by Crippen LogP contribution is 2.29. The number of rotatable bonds is 3. The second kappa shape index (κ2) is 8.38. The molecule has 1 amide bonds. The number of aliphatic hydroxyl groups is 1. The van der Waals surface area contributed by atoms with Crippen LogP contribution >= 0.6 is 11.6 Å². The van der Waals surface area contributed by atoms with Crippen LogP contribution in [0.4, 0.5) is 4.79 Å². The molecule has 0 unspecified atom stereocenters. The summed E-state index contributed by atoms with van der Waals surface area (Å²) in [5, 5.41) is 11.0. The zero-order chi connectivity index (χ0) is 19.6. The van der Waals surface area contributed by atoms with E-state index in [0.29, 0.717) is 25.2 Å². The first kappa shape index (κ1) is 20.4. The summed E-state index contributed by atoms with van der Waals surface area (Å²) in [7, 11) is 0. The van der Waals surface area contributed by atoms with Crippen molar-refractivity contribution in [3.63, 3.8) is 0 Å². The predicted octanol–water partition coefficient (Wildman–Crippen LogP) is 3.72. The Morgan fingerprint density at radius 3 is 2.44 bits per heavy atom. The number of likely N-dealkylation sites (tertiary alicyclic amines) is 2. The van der Waals surface area contributed by atoms with Gasteiger partial charge in [-0.25, -0.2) is 4.79 Å². The number of halogens is 1. The maximum Gasteiger partial charge on any atom is 0.410 e. The number of piperidine rings is 1. The van der Waals surface area contributed by atoms with Crippen molar-refractivity contribution in [3.8, 4) is 0 Å². The number of hydrogen-bond acceptors (Lipinski definition) is 4. The number of aliphatic hydroxyl groups excluding tert-OH is 1. The molecule has 150 valence electrons. The van der Waals surface area contributed by atoms with Gasteiger partial charge < -0.3 is 14.7 Å². The van der Waals surface area contributed by atoms with E-state index in [1.807, 2.05) is 37.8 Å². The van der Waals surface area contributed by atoms with Gasteiger partial charge in [0.2, 0.25) is 0 Å². The van der Waals surface area contributed by atoms with E-state index < -0.39 is 5.60 Å². The van der Waals surface area contributed by atoms with Crippen molar-refractivity contribution < 1.29 is 14.6 Å². The quantitative estimate of drug-likeness (QED) is 0.848. The third-order valence-corrected chi connectivity index (χ3v) is 5.66. The molecule has 0 radical (unpaired) electrons. The monoisotopic (exact) mass is 394 g/mol. The summed E-state index contributed by atoms with van der Waals surface area (Å²) in [5.41, 5.74) is 0.783. The number of β-amino-alcohol motifs (C(OH)–C–C–N with tert-alkyl or cyclic N) is 1. The predicted molar refractivity (Wildman–Crippen MR) is 107 cm³/mol. The molecule has 0 aromatic heterocycles. The van der Waals surface area contributed by atoms with Crippen LogP contribution in [-0.2, 0) is 11.2 Å². The molecule has 2 fully saturated rings. The Hall–Kier alpha value is -1.30. The number of ether oxygens (including phenoxy) is 1. The van der Waals surface area contributed by atoms with Crippen molar-refractivity contribution >= 4 is 17.7 Å². The van der Waals surface area contributed by atoms with Gasteiger partial charge in [0.05, 0.1) is 6.10 Å². The normalized spacial score (nSPS) is 25.0. The smallest absolute Gasteiger partial charge is 0.410 e. The van der Waals surface area contributed by atoms with Gasteiger partial charge in [-0.15, -0.1) is 0 Å². The van der Waals surface area contributed by atoms with Crippen LogP contribution in [0.1, 0.15) is 45.6 Å². The third-order valence-electron chi connectivity index (χ3n) is 5.40. The Balaban J connectivity index is 1.57. The second-order valence-electron chi connectivity index (χ2n) is 8.77. The van der Waals surface area contributed by atoms with Crippen LogP contribution in [0, 0.1) is 0 Å². The average molecular weight is 395 g/mol. The lowest BCUT2D eigenvalue weighted by molar-refractivity contribution is 0.0128. The van der Waals surface area contributed by atoms with Crippen LogP contribution in [0.25, 0.3) is 0 Å². The van der Waals surface area contributed by atoms with Crippen LogP contribution in [0.5, 0.6) is 0 Å². The molecule has 1 aromatic rings. The van der Waals surface area contributed by atoms with E-state index in [4.69, 9.17) is 16.3 Å². The number of nitrogens with zero attached hydrogens (tertiary/aromatic N) is 2. The molecule has 6 heteroatoms. The third kappa shape index (κ3) is 5.59. The molecule has 1 N–H and O–H groups in total. The molecule has 0 spiro atoms. The second-order valence-corrected chi connectivity index (χ2v) is 9.21. The summed E-state index contributed by atoms with van der Waals surface area (Å²) in [5.74, 6) is 0. The fourth-order valence-corrected chi connectivity index (χ4v) is 4.29. The molecule has 2 saturated heterocycles. The molecule has 0 saturated carbocycles. The molecule has 3 rings (SSSR count). The molecule has 0 aliphatic carbocycles. The van der Waals surface area contributed by atoms with Gasteiger partial charge in [-0.3, -0.25) is 4.90 Å². The van der Waals surface area contributed by atoms with Crippen molar-refractivity contribution in [1.82, 2.24) is 9.80 Å². The van der Waals surface area contributed by atoms with E-state index in [2.05, 4.69) is 17.0 Å². The summed E-state index contributed by atoms with van der Waals surface area (Å²) in [6, 6.07) is 8.71. The van der Waals surface area contributed by atoms with E-state index in [0.717, 1.165) is 37.3 Å². The zero-order valence-electron chi connectivity index (χ0n) is 16.5. The highest BCUT2D eigenvalue weighted by molar-refractivity contribution is 6.30. The minimum absolute atomic E-state index is 0.222. The summed E-state index contributed by atoms with van der Waals surface area (Å²) in [6.07, 6.45) is 3.06. The SMILES string of the molecule is CC(C)(C)OC(=O)N1CCC(N2C[C@@H](O)C[C@@H]2Cc2ccc(Cl)cc2)CC1. The molecule has 1 aromatic carbocycles. The van der Waals surface area contributed by atoms with Gasteiger partial charge in [0.1, 0.15) is 5.60 Å². The van der Waals surface area contributed by atoms with Crippen LogP contribution in [0.2, 0.25) is 5.02 Å². The molecule has 2 heterocycles. The van der Waals surface area contributed by atoms with Crippen LogP contribution in [0.15, 0.2) is 24.3 Å². The standard InChI is InChI=1S/C21H31ClN2O3/c1-21(2,3)27-20(26)23-10-8-17(9-11-23)24-14-19(25)13-18(24)12-15-4-6-16(22)7-5-15/h4-7,17-19,25H,8-14H2,1-3H3/t18-,19-/m0/s1. The zero-order valence-corrected chi connectivity index (χ0v) is 17.3. The Kier molecular flexibility index (Phi) is 6.34. The lowest BCUT2D eigenvalue weighted by atomic mass is 9.99. The Morgan fingerprint density at radius 1 is 1.22 bits per heavy atom. The molecule has 2 atom stereocenters. The van der Waals surface area contributed by atoms with E-state index >= 15 is 0 Å². The Labute approximate surface area is 167 Å². The first-order valence-electron chi connectivity index (χ1n) is 9.87. The number of benzene rings is 1. The van der Waals surface area contributed by atoms with E-state index in [-0.39, 0.29) is 12.2 Å². The molecule has 5 nitrogen and oxygen atoms in total. The maximum absolute atomic E-state index is 12.3. The molecular weight excluding hydrogens is 364 g/mol. The number of hydrogen-bond donors (Lipinski definition) is 1. The molecule has 27 heavy (non-hydrogen) atoms. The highest BCUT2D eigenvalue weighted by atomic mass is 35.5. The largest absolute Gasteiger partial charge is 0.444 e. The van der Waals surface area contributed by atoms with Gasteiger partial charge in [-0.1, -0.05) is 23.7 Å². The number of carbonyl (C=O) groups excluding carboxylic acids is 1. The minimum atomic E-state index is -0.462. The van der Waals surface area contributed by atoms with Gasteiger partial charge in [-0.05, 0) is 64.2 Å². The maximum atomic E-state index is 12.3. The van der Waals surface area contributed by atoms with Crippen molar-refractivity contribution in [2.24, 2.45) is 0 Å². The van der Waals surface area contributed by atoms with Gasteiger partial charge >= 0.3 is 6.09 Å². The van der Waals surface area contributed by atoms with Gasteiger partial charge in [0, 0.05) is 36.7 Å². The highest BCUT2D eigenvalue weighted by Gasteiger charge is 2.37. The minimum Gasteiger partial charge on any atom is -0.444 e. The van der Waals surface area contributed by atoms with E-state index in [9.17, 15) is 9.90 Å². The van der Waals surface area contributed by atoms with Crippen molar-refractivity contribution in [3.05, 3.63) is 34.9 Å². The van der Waals surface area contributed by atoms with Crippen molar-refractivity contribution in [2.45, 2.75) is 70.2 Å². The van der Waals surface area contributed by atoms with Gasteiger partial charge in [0.25, 0.3) is 0 Å². The topological polar surface area (TPSA) is 53.0 Å². The van der Waals surface area contributed by atoms with Gasteiger partial charge in [-0.2, -0.15) is 0 Å². The molecular formula is C21H31ClN2O3. The first-order valence-corrected chi connectivity index (χ1v) is 10.3. The van der Waals surface area contributed by atoms with Crippen molar-refractivity contribution in [2.75, 3.05) is 19.6 Å². The summed E-state index contributed by atoms with van der Waals surface area (Å²) < 4.78 is 5.49. The lowest BCUT2D eigenvalue weighted by Gasteiger charge is -2.39. The summed E-state index contributed by atoms with van der Waals surface area (Å²) in [4.78, 5) is 16.5. The van der Waals surface area contributed by atoms with Crippen LogP contribution in [0.3, 0.4) is 0 Å². The Bertz CT molecular complexity index is 636. The lowest BCUT2D eigenvalue weighted by Crippen LogP contribution is -2.49. The molecule has 2 aliphatic rings. The van der Waals surface area contributed by atoms with E-state index in [1.165, 1.54) is 5.56 Å². The Morgan fingerprint density at radius 2 is 1.85 bits per heavy atom. The van der Waals surface area contributed by atoms with Crippen LogP contribution in [-0.4, -0.2) is 64.4 Å². The molecule has 2 aliphatic heterocycles. The first-order chi connectivity index (χ1) is 12.7. The average Bonchev–Trinajstić information content (AvgIpc) is 2.96. The summed E-state index contributed by atoms with van der Waals surface area (Å²) >= 11 is 5.99. The fraction of sp³-hybridized carbons (Fsp3) is 0.667. The number of carbonyl (C=O) groups is 1. The van der Waals surface area contributed by atoms with Crippen molar-refractivity contribution in [1.29, 1.82) is 0 Å².